The predicted molar refractivity (Wildman–Crippen MR) is 103 cm³/mol. The summed E-state index contributed by atoms with van der Waals surface area (Å²) in [7, 11) is 4.17. The Bertz CT molecular complexity index is 638. The van der Waals surface area contributed by atoms with E-state index >= 15 is 0 Å². The molecule has 0 saturated heterocycles. The van der Waals surface area contributed by atoms with E-state index in [1.54, 1.807) is 0 Å². The molecule has 0 aromatic heterocycles. The minimum atomic E-state index is 0.545. The largest absolute Gasteiger partial charge is 0.378 e. The fraction of sp³-hybridized carbons (Fsp3) is 0.591. The Morgan fingerprint density at radius 3 is 2.58 bits per heavy atom. The molecule has 0 aliphatic heterocycles. The summed E-state index contributed by atoms with van der Waals surface area (Å²) in [6.45, 7) is 0. The number of rotatable bonds is 3. The van der Waals surface area contributed by atoms with Crippen molar-refractivity contribution in [2.75, 3.05) is 19.0 Å². The molecule has 3 aliphatic rings. The van der Waals surface area contributed by atoms with Crippen molar-refractivity contribution in [3.63, 3.8) is 0 Å². The first-order valence-electron chi connectivity index (χ1n) is 9.74. The van der Waals surface area contributed by atoms with Crippen molar-refractivity contribution >= 4 is 11.9 Å². The molecule has 3 aliphatic carbocycles. The van der Waals surface area contributed by atoms with E-state index in [4.69, 9.17) is 4.99 Å². The third-order valence-electron chi connectivity index (χ3n) is 6.38. The van der Waals surface area contributed by atoms with Gasteiger partial charge in [-0.1, -0.05) is 29.7 Å². The second-order valence-electron chi connectivity index (χ2n) is 8.09. The molecule has 0 heterocycles. The lowest BCUT2D eigenvalue weighted by atomic mass is 9.63. The van der Waals surface area contributed by atoms with Gasteiger partial charge in [0, 0.05) is 31.9 Å². The van der Waals surface area contributed by atoms with Gasteiger partial charge in [-0.2, -0.15) is 0 Å². The van der Waals surface area contributed by atoms with Crippen LogP contribution >= 0.6 is 0 Å². The van der Waals surface area contributed by atoms with Gasteiger partial charge in [0.1, 0.15) is 0 Å². The molecule has 4 rings (SSSR count). The molecule has 0 radical (unpaired) electrons. The molecular formula is C22H30N2. The number of fused-ring (bicyclic) bond motifs is 3. The molecule has 2 nitrogen and oxygen atoms in total. The van der Waals surface area contributed by atoms with Crippen molar-refractivity contribution in [1.82, 2.24) is 0 Å². The topological polar surface area (TPSA) is 15.6 Å². The Kier molecular flexibility index (Phi) is 4.47. The quantitative estimate of drug-likeness (QED) is 0.549. The van der Waals surface area contributed by atoms with Gasteiger partial charge >= 0.3 is 0 Å². The Morgan fingerprint density at radius 2 is 1.79 bits per heavy atom. The summed E-state index contributed by atoms with van der Waals surface area (Å²) in [5.74, 6) is 1.56. The molecule has 2 bridgehead atoms. The average molecular weight is 322 g/mol. The van der Waals surface area contributed by atoms with Gasteiger partial charge in [-0.3, -0.25) is 4.99 Å². The monoisotopic (exact) mass is 322 g/mol. The van der Waals surface area contributed by atoms with Gasteiger partial charge in [-0.25, -0.2) is 0 Å². The third kappa shape index (κ3) is 3.03. The van der Waals surface area contributed by atoms with Gasteiger partial charge < -0.3 is 4.90 Å². The molecule has 0 N–H and O–H groups in total. The molecule has 0 unspecified atom stereocenters. The second kappa shape index (κ2) is 6.74. The molecular weight excluding hydrogens is 292 g/mol. The lowest BCUT2D eigenvalue weighted by Crippen LogP contribution is -2.38. The molecule has 1 saturated carbocycles. The highest BCUT2D eigenvalue weighted by Crippen LogP contribution is 2.49. The van der Waals surface area contributed by atoms with E-state index in [2.05, 4.69) is 49.5 Å². The van der Waals surface area contributed by atoms with E-state index < -0.39 is 0 Å². The lowest BCUT2D eigenvalue weighted by molar-refractivity contribution is 0.215. The molecule has 2 heteroatoms. The van der Waals surface area contributed by atoms with Crippen LogP contribution in [0.5, 0.6) is 0 Å². The fourth-order valence-corrected chi connectivity index (χ4v) is 5.12. The zero-order valence-corrected chi connectivity index (χ0v) is 15.2. The smallest absolute Gasteiger partial charge is 0.0596 e. The number of aliphatic imine (C=N–C) groups is 1. The first-order chi connectivity index (χ1) is 11.7. The number of nitrogens with zero attached hydrogens (tertiary/aromatic N) is 2. The highest BCUT2D eigenvalue weighted by atomic mass is 15.1. The molecule has 0 amide bonds. The van der Waals surface area contributed by atoms with Crippen LogP contribution in [0.1, 0.15) is 56.9 Å². The van der Waals surface area contributed by atoms with Crippen LogP contribution in [0.4, 0.5) is 5.69 Å². The number of anilines is 1. The normalized spacial score (nSPS) is 29.7. The Balaban J connectivity index is 1.54. The average Bonchev–Trinajstić information content (AvgIpc) is 2.60. The van der Waals surface area contributed by atoms with Crippen LogP contribution in [0.15, 0.2) is 40.4 Å². The maximum atomic E-state index is 5.13. The highest BCUT2D eigenvalue weighted by Gasteiger charge is 2.40. The summed E-state index contributed by atoms with van der Waals surface area (Å²) in [5, 5.41) is 0. The molecule has 0 spiro atoms. The maximum absolute atomic E-state index is 5.13. The first-order valence-corrected chi connectivity index (χ1v) is 9.74. The van der Waals surface area contributed by atoms with Crippen molar-refractivity contribution in [2.24, 2.45) is 16.8 Å². The lowest BCUT2D eigenvalue weighted by Gasteiger charge is -2.44. The van der Waals surface area contributed by atoms with Crippen LogP contribution in [0.25, 0.3) is 0 Å². The standard InChI is InChI=1S/C22H30N2/c1-24(2)19-12-10-16(11-13-19)15-23-22-18-7-5-9-21(22)20-8-4-3-6-17(20)14-18/h10-13,15,18,21-22H,3-9,14H2,1-2H3/t18-,21-,22+/m1/s1. The van der Waals surface area contributed by atoms with Crippen LogP contribution in [0.3, 0.4) is 0 Å². The van der Waals surface area contributed by atoms with Crippen molar-refractivity contribution < 1.29 is 0 Å². The van der Waals surface area contributed by atoms with Crippen LogP contribution < -0.4 is 4.90 Å². The molecule has 3 atom stereocenters. The zero-order chi connectivity index (χ0) is 16.5. The van der Waals surface area contributed by atoms with Gasteiger partial charge in [-0.15, -0.1) is 0 Å². The fourth-order valence-electron chi connectivity index (χ4n) is 5.12. The summed E-state index contributed by atoms with van der Waals surface area (Å²) in [6, 6.07) is 9.31. The van der Waals surface area contributed by atoms with Gasteiger partial charge in [0.05, 0.1) is 6.04 Å². The van der Waals surface area contributed by atoms with Crippen molar-refractivity contribution in [2.45, 2.75) is 57.4 Å². The van der Waals surface area contributed by atoms with Crippen molar-refractivity contribution in [3.05, 3.63) is 41.0 Å². The highest BCUT2D eigenvalue weighted by molar-refractivity contribution is 5.80. The number of hydrogen-bond acceptors (Lipinski definition) is 2. The molecule has 1 aromatic carbocycles. The zero-order valence-electron chi connectivity index (χ0n) is 15.2. The van der Waals surface area contributed by atoms with E-state index in [0.29, 0.717) is 6.04 Å². The summed E-state index contributed by atoms with van der Waals surface area (Å²) in [5.41, 5.74) is 6.14. The van der Waals surface area contributed by atoms with Crippen LogP contribution in [0, 0.1) is 11.8 Å². The van der Waals surface area contributed by atoms with Crippen LogP contribution in [-0.2, 0) is 0 Å². The molecule has 24 heavy (non-hydrogen) atoms. The minimum Gasteiger partial charge on any atom is -0.378 e. The van der Waals surface area contributed by atoms with Crippen LogP contribution in [-0.4, -0.2) is 26.4 Å². The summed E-state index contributed by atoms with van der Waals surface area (Å²) in [4.78, 5) is 7.27. The van der Waals surface area contributed by atoms with E-state index in [9.17, 15) is 0 Å². The van der Waals surface area contributed by atoms with Gasteiger partial charge in [-0.05, 0) is 68.6 Å². The van der Waals surface area contributed by atoms with E-state index in [1.807, 2.05) is 11.1 Å². The van der Waals surface area contributed by atoms with Gasteiger partial charge in [0.25, 0.3) is 0 Å². The van der Waals surface area contributed by atoms with E-state index in [1.165, 1.54) is 62.6 Å². The third-order valence-corrected chi connectivity index (χ3v) is 6.38. The van der Waals surface area contributed by atoms with Crippen molar-refractivity contribution in [3.8, 4) is 0 Å². The first kappa shape index (κ1) is 15.9. The number of hydrogen-bond donors (Lipinski definition) is 0. The SMILES string of the molecule is CN(C)c1ccc(C=N[C@H]2[C@@H]3CCC[C@@H]2C2=C(CCCC2)C3)cc1. The summed E-state index contributed by atoms with van der Waals surface area (Å²) in [6.07, 6.45) is 13.2. The minimum absolute atomic E-state index is 0.545. The summed E-state index contributed by atoms with van der Waals surface area (Å²) < 4.78 is 0. The molecule has 1 fully saturated rings. The Hall–Kier alpha value is -1.57. The van der Waals surface area contributed by atoms with Gasteiger partial charge in [0.15, 0.2) is 0 Å². The Labute approximate surface area is 146 Å². The molecule has 1 aromatic rings. The Morgan fingerprint density at radius 1 is 1.00 bits per heavy atom. The van der Waals surface area contributed by atoms with E-state index in [0.717, 1.165) is 11.8 Å². The van der Waals surface area contributed by atoms with Crippen molar-refractivity contribution in [1.29, 1.82) is 0 Å². The summed E-state index contributed by atoms with van der Waals surface area (Å²) >= 11 is 0. The number of allylic oxidation sites excluding steroid dienone is 1. The maximum Gasteiger partial charge on any atom is 0.0596 e. The van der Waals surface area contributed by atoms with E-state index in [-0.39, 0.29) is 0 Å². The predicted octanol–water partition coefficient (Wildman–Crippen LogP) is 5.23. The van der Waals surface area contributed by atoms with Gasteiger partial charge in [0.2, 0.25) is 0 Å². The molecule has 128 valence electrons. The second-order valence-corrected chi connectivity index (χ2v) is 8.09. The van der Waals surface area contributed by atoms with Crippen LogP contribution in [0.2, 0.25) is 0 Å². The number of benzene rings is 1.